The van der Waals surface area contributed by atoms with Crippen molar-refractivity contribution < 1.29 is 26.7 Å². The lowest BCUT2D eigenvalue weighted by Gasteiger charge is -2.13. The van der Waals surface area contributed by atoms with Gasteiger partial charge >= 0.3 is 0 Å². The molecular weight excluding hydrogens is 271 g/mol. The molecule has 19 heavy (non-hydrogen) atoms. The van der Waals surface area contributed by atoms with E-state index in [2.05, 4.69) is 0 Å². The van der Waals surface area contributed by atoms with Crippen LogP contribution >= 0.6 is 0 Å². The number of carbonyl (C=O) groups is 1. The Morgan fingerprint density at radius 1 is 1.05 bits per heavy atom. The van der Waals surface area contributed by atoms with E-state index >= 15 is 0 Å². The smallest absolute Gasteiger partial charge is 0.241 e. The molecule has 1 rings (SSSR count). The van der Waals surface area contributed by atoms with E-state index < -0.39 is 46.7 Å². The van der Waals surface area contributed by atoms with Gasteiger partial charge in [-0.2, -0.15) is 0 Å². The summed E-state index contributed by atoms with van der Waals surface area (Å²) in [5.74, 6) is -11.8. The molecular formula is C11H11F5N2O. The Bertz CT molecular complexity index is 477. The van der Waals surface area contributed by atoms with Gasteiger partial charge in [-0.15, -0.1) is 0 Å². The summed E-state index contributed by atoms with van der Waals surface area (Å²) in [6.45, 7) is 1.71. The van der Waals surface area contributed by atoms with E-state index in [-0.39, 0.29) is 6.42 Å². The maximum absolute atomic E-state index is 13.2. The lowest BCUT2D eigenvalue weighted by Crippen LogP contribution is -2.36. The van der Waals surface area contributed by atoms with Crippen molar-refractivity contribution in [3.05, 3.63) is 29.1 Å². The summed E-state index contributed by atoms with van der Waals surface area (Å²) in [5.41, 5.74) is 3.97. The van der Waals surface area contributed by atoms with Gasteiger partial charge in [-0.3, -0.25) is 4.79 Å². The molecule has 0 aromatic heterocycles. The van der Waals surface area contributed by atoms with E-state index in [1.807, 2.05) is 0 Å². The number of anilines is 1. The Morgan fingerprint density at radius 3 is 1.89 bits per heavy atom. The van der Waals surface area contributed by atoms with Crippen LogP contribution in [0.4, 0.5) is 27.6 Å². The summed E-state index contributed by atoms with van der Waals surface area (Å²) < 4.78 is 64.9. The zero-order valence-electron chi connectivity index (χ0n) is 9.87. The Hall–Kier alpha value is -1.70. The van der Waals surface area contributed by atoms with Gasteiger partial charge < -0.3 is 11.1 Å². The minimum atomic E-state index is -2.29. The SMILES string of the molecule is CCC[C@@H](N)C(=O)Nc1c(F)c(F)c(F)c(F)c1F. The van der Waals surface area contributed by atoms with Crippen LogP contribution in [0.1, 0.15) is 19.8 Å². The lowest BCUT2D eigenvalue weighted by molar-refractivity contribution is -0.117. The van der Waals surface area contributed by atoms with Crippen molar-refractivity contribution in [2.24, 2.45) is 5.73 Å². The van der Waals surface area contributed by atoms with Crippen LogP contribution < -0.4 is 11.1 Å². The predicted octanol–water partition coefficient (Wildman–Crippen LogP) is 2.45. The number of nitrogens with one attached hydrogen (secondary N) is 1. The molecule has 1 aromatic rings. The summed E-state index contributed by atoms with van der Waals surface area (Å²) in [7, 11) is 0. The average Bonchev–Trinajstić information content (AvgIpc) is 2.39. The molecule has 0 heterocycles. The van der Waals surface area contributed by atoms with Gasteiger partial charge in [-0.25, -0.2) is 22.0 Å². The van der Waals surface area contributed by atoms with Crippen molar-refractivity contribution in [3.8, 4) is 0 Å². The highest BCUT2D eigenvalue weighted by Crippen LogP contribution is 2.27. The third-order valence-corrected chi connectivity index (χ3v) is 2.39. The molecule has 106 valence electrons. The Morgan fingerprint density at radius 2 is 1.47 bits per heavy atom. The fourth-order valence-corrected chi connectivity index (χ4v) is 1.37. The number of rotatable bonds is 4. The van der Waals surface area contributed by atoms with Gasteiger partial charge in [-0.1, -0.05) is 13.3 Å². The van der Waals surface area contributed by atoms with Crippen molar-refractivity contribution >= 4 is 11.6 Å². The minimum Gasteiger partial charge on any atom is -0.320 e. The number of halogens is 5. The monoisotopic (exact) mass is 282 g/mol. The van der Waals surface area contributed by atoms with Crippen LogP contribution in [0.5, 0.6) is 0 Å². The van der Waals surface area contributed by atoms with Gasteiger partial charge in [0.1, 0.15) is 5.69 Å². The first kappa shape index (κ1) is 15.4. The van der Waals surface area contributed by atoms with E-state index in [9.17, 15) is 26.7 Å². The van der Waals surface area contributed by atoms with Crippen LogP contribution in [0.15, 0.2) is 0 Å². The molecule has 3 nitrogen and oxygen atoms in total. The van der Waals surface area contributed by atoms with Crippen molar-refractivity contribution in [1.82, 2.24) is 0 Å². The average molecular weight is 282 g/mol. The van der Waals surface area contributed by atoms with E-state index in [4.69, 9.17) is 5.73 Å². The molecule has 0 spiro atoms. The van der Waals surface area contributed by atoms with Gasteiger partial charge in [-0.05, 0) is 6.42 Å². The zero-order chi connectivity index (χ0) is 14.7. The fraction of sp³-hybridized carbons (Fsp3) is 0.364. The van der Waals surface area contributed by atoms with E-state index in [0.29, 0.717) is 6.42 Å². The topological polar surface area (TPSA) is 55.1 Å². The first-order chi connectivity index (χ1) is 8.81. The summed E-state index contributed by atoms with van der Waals surface area (Å²) in [4.78, 5) is 11.4. The van der Waals surface area contributed by atoms with Crippen LogP contribution in [0.25, 0.3) is 0 Å². The third kappa shape index (κ3) is 3.01. The molecule has 3 N–H and O–H groups in total. The second kappa shape index (κ2) is 5.96. The molecule has 1 atom stereocenters. The van der Waals surface area contributed by atoms with Crippen LogP contribution in [0.2, 0.25) is 0 Å². The van der Waals surface area contributed by atoms with Gasteiger partial charge in [0.2, 0.25) is 11.7 Å². The van der Waals surface area contributed by atoms with Crippen LogP contribution in [-0.2, 0) is 4.79 Å². The van der Waals surface area contributed by atoms with Crippen molar-refractivity contribution in [3.63, 3.8) is 0 Å². The van der Waals surface area contributed by atoms with Gasteiger partial charge in [0, 0.05) is 0 Å². The number of hydrogen-bond acceptors (Lipinski definition) is 2. The normalized spacial score (nSPS) is 12.4. The highest BCUT2D eigenvalue weighted by molar-refractivity contribution is 5.94. The zero-order valence-corrected chi connectivity index (χ0v) is 9.87. The number of amides is 1. The molecule has 0 aliphatic heterocycles. The largest absolute Gasteiger partial charge is 0.320 e. The standard InChI is InChI=1S/C11H11F5N2O/c1-2-3-4(17)11(19)18-10-8(15)6(13)5(12)7(14)9(10)16/h4H,2-3,17H2,1H3,(H,18,19)/t4-/m1/s1. The molecule has 0 unspecified atom stereocenters. The van der Waals surface area contributed by atoms with Crippen LogP contribution in [0.3, 0.4) is 0 Å². The predicted molar refractivity (Wildman–Crippen MR) is 57.7 cm³/mol. The minimum absolute atomic E-state index is 0.210. The highest BCUT2D eigenvalue weighted by atomic mass is 19.2. The Balaban J connectivity index is 3.12. The molecule has 1 aromatic carbocycles. The lowest BCUT2D eigenvalue weighted by atomic mass is 10.1. The molecule has 8 heteroatoms. The summed E-state index contributed by atoms with van der Waals surface area (Å²) >= 11 is 0. The Labute approximate surface area is 105 Å². The Kier molecular flexibility index (Phi) is 4.82. The van der Waals surface area contributed by atoms with Crippen LogP contribution in [0, 0.1) is 29.1 Å². The molecule has 0 saturated carbocycles. The van der Waals surface area contributed by atoms with Gasteiger partial charge in [0.25, 0.3) is 0 Å². The molecule has 0 saturated heterocycles. The van der Waals surface area contributed by atoms with Crippen molar-refractivity contribution in [2.75, 3.05) is 5.32 Å². The van der Waals surface area contributed by atoms with Crippen molar-refractivity contribution in [1.29, 1.82) is 0 Å². The fourth-order valence-electron chi connectivity index (χ4n) is 1.37. The molecule has 0 fully saturated rings. The molecule has 1 amide bonds. The molecule has 0 aliphatic rings. The summed E-state index contributed by atoms with van der Waals surface area (Å²) in [6, 6.07) is -1.10. The second-order valence-electron chi connectivity index (χ2n) is 3.83. The molecule has 0 bridgehead atoms. The van der Waals surface area contributed by atoms with Gasteiger partial charge in [0.15, 0.2) is 23.3 Å². The third-order valence-electron chi connectivity index (χ3n) is 2.39. The maximum atomic E-state index is 13.2. The number of carbonyl (C=O) groups excluding carboxylic acids is 1. The van der Waals surface area contributed by atoms with Gasteiger partial charge in [0.05, 0.1) is 6.04 Å². The summed E-state index contributed by atoms with van der Waals surface area (Å²) in [6.07, 6.45) is 0.729. The summed E-state index contributed by atoms with van der Waals surface area (Å²) in [5, 5.41) is 1.61. The quantitative estimate of drug-likeness (QED) is 0.506. The van der Waals surface area contributed by atoms with E-state index in [1.54, 1.807) is 12.2 Å². The molecule has 0 radical (unpaired) electrons. The van der Waals surface area contributed by atoms with Crippen molar-refractivity contribution in [2.45, 2.75) is 25.8 Å². The first-order valence-corrected chi connectivity index (χ1v) is 5.39. The highest BCUT2D eigenvalue weighted by Gasteiger charge is 2.27. The first-order valence-electron chi connectivity index (χ1n) is 5.39. The number of hydrogen-bond donors (Lipinski definition) is 2. The number of benzene rings is 1. The second-order valence-corrected chi connectivity index (χ2v) is 3.83. The number of nitrogens with two attached hydrogens (primary N) is 1. The van der Waals surface area contributed by atoms with E-state index in [1.165, 1.54) is 0 Å². The molecule has 0 aliphatic carbocycles. The van der Waals surface area contributed by atoms with Crippen LogP contribution in [-0.4, -0.2) is 11.9 Å². The van der Waals surface area contributed by atoms with E-state index in [0.717, 1.165) is 0 Å². The maximum Gasteiger partial charge on any atom is 0.241 e.